The van der Waals surface area contributed by atoms with E-state index in [9.17, 15) is 18.0 Å². The molecule has 2 aromatic heterocycles. The van der Waals surface area contributed by atoms with Crippen LogP contribution in [-0.2, 0) is 10.9 Å². The number of pyridine rings is 1. The van der Waals surface area contributed by atoms with E-state index in [4.69, 9.17) is 10.5 Å². The van der Waals surface area contributed by atoms with Crippen molar-refractivity contribution in [2.75, 3.05) is 12.8 Å². The number of methoxy groups -OCH3 is 1. The Hall–Kier alpha value is -2.16. The quantitative estimate of drug-likeness (QED) is 0.893. The average Bonchev–Trinajstić information content (AvgIpc) is 2.89. The number of aryl methyl sites for hydroxylation is 1. The van der Waals surface area contributed by atoms with Crippen molar-refractivity contribution in [3.63, 3.8) is 0 Å². The van der Waals surface area contributed by atoms with Gasteiger partial charge in [0, 0.05) is 18.7 Å². The van der Waals surface area contributed by atoms with E-state index in [1.165, 1.54) is 6.92 Å². The van der Waals surface area contributed by atoms with E-state index in [1.807, 2.05) is 0 Å². The molecule has 1 aliphatic rings. The first kappa shape index (κ1) is 17.7. The second-order valence-corrected chi connectivity index (χ2v) is 6.35. The fourth-order valence-corrected chi connectivity index (χ4v) is 3.36. The van der Waals surface area contributed by atoms with Crippen LogP contribution in [0, 0.1) is 12.8 Å². The van der Waals surface area contributed by atoms with Gasteiger partial charge in [0.1, 0.15) is 0 Å². The molecule has 0 radical (unpaired) electrons. The van der Waals surface area contributed by atoms with Crippen LogP contribution in [0.2, 0.25) is 0 Å². The molecule has 1 aliphatic carbocycles. The fraction of sp³-hybridized carbons (Fsp3) is 0.562. The molecule has 0 aliphatic heterocycles. The number of hydrogen-bond acceptors (Lipinski definition) is 5. The number of fused-ring (bicyclic) bond motifs is 1. The monoisotopic (exact) mass is 356 g/mol. The third kappa shape index (κ3) is 3.20. The minimum Gasteiger partial charge on any atom is -0.382 e. The van der Waals surface area contributed by atoms with Gasteiger partial charge in [-0.05, 0) is 38.7 Å². The highest BCUT2D eigenvalue weighted by Gasteiger charge is 2.37. The maximum absolute atomic E-state index is 13.3. The minimum absolute atomic E-state index is 0.112. The maximum Gasteiger partial charge on any atom is 0.417 e. The molecule has 0 amide bonds. The Bertz CT molecular complexity index is 808. The molecule has 25 heavy (non-hydrogen) atoms. The van der Waals surface area contributed by atoms with Crippen LogP contribution in [0.3, 0.4) is 0 Å². The third-order valence-corrected chi connectivity index (χ3v) is 4.66. The summed E-state index contributed by atoms with van der Waals surface area (Å²) < 4.78 is 46.1. The Kier molecular flexibility index (Phi) is 4.44. The second kappa shape index (κ2) is 6.29. The summed E-state index contributed by atoms with van der Waals surface area (Å²) >= 11 is 0. The number of aromatic nitrogens is 3. The molecule has 0 spiro atoms. The number of alkyl halides is 3. The molecule has 136 valence electrons. The highest BCUT2D eigenvalue weighted by molar-refractivity contribution is 5.97. The van der Waals surface area contributed by atoms with Crippen LogP contribution in [-0.4, -0.2) is 33.9 Å². The zero-order valence-electron chi connectivity index (χ0n) is 13.9. The Morgan fingerprint density at radius 3 is 2.52 bits per heavy atom. The number of anilines is 1. The summed E-state index contributed by atoms with van der Waals surface area (Å²) in [5, 5.41) is 3.55. The predicted octanol–water partition coefficient (Wildman–Crippen LogP) is 3.19. The molecule has 2 aromatic rings. The lowest BCUT2D eigenvalue weighted by Crippen LogP contribution is -2.29. The molecular formula is C16H19F3N4O2. The summed E-state index contributed by atoms with van der Waals surface area (Å²) in [4.78, 5) is 16.9. The molecule has 3 rings (SSSR count). The lowest BCUT2D eigenvalue weighted by atomic mass is 9.87. The van der Waals surface area contributed by atoms with Gasteiger partial charge in [-0.25, -0.2) is 4.98 Å². The van der Waals surface area contributed by atoms with Gasteiger partial charge in [-0.1, -0.05) is 0 Å². The molecular weight excluding hydrogens is 337 g/mol. The fourth-order valence-electron chi connectivity index (χ4n) is 3.36. The molecule has 0 atom stereocenters. The van der Waals surface area contributed by atoms with Crippen molar-refractivity contribution in [1.29, 1.82) is 0 Å². The molecule has 0 unspecified atom stereocenters. The van der Waals surface area contributed by atoms with Gasteiger partial charge in [-0.2, -0.15) is 17.9 Å². The SMILES string of the molecule is COC1CCC(C(=O)n2nc(N)c3c(C(F)(F)F)cc(C)nc32)CC1. The van der Waals surface area contributed by atoms with Crippen LogP contribution in [0.25, 0.3) is 11.0 Å². The number of carbonyl (C=O) groups excluding carboxylic acids is 1. The Morgan fingerprint density at radius 1 is 1.32 bits per heavy atom. The molecule has 0 bridgehead atoms. The van der Waals surface area contributed by atoms with Crippen LogP contribution >= 0.6 is 0 Å². The van der Waals surface area contributed by atoms with E-state index >= 15 is 0 Å². The first-order valence-corrected chi connectivity index (χ1v) is 8.02. The topological polar surface area (TPSA) is 83.0 Å². The number of halogens is 3. The second-order valence-electron chi connectivity index (χ2n) is 6.35. The van der Waals surface area contributed by atoms with Crippen molar-refractivity contribution in [3.8, 4) is 0 Å². The highest BCUT2D eigenvalue weighted by Crippen LogP contribution is 2.37. The Morgan fingerprint density at radius 2 is 1.96 bits per heavy atom. The van der Waals surface area contributed by atoms with Gasteiger partial charge in [-0.3, -0.25) is 4.79 Å². The summed E-state index contributed by atoms with van der Waals surface area (Å²) in [6, 6.07) is 0.916. The van der Waals surface area contributed by atoms with Crippen molar-refractivity contribution in [2.24, 2.45) is 5.92 Å². The van der Waals surface area contributed by atoms with Gasteiger partial charge in [0.15, 0.2) is 11.5 Å². The van der Waals surface area contributed by atoms with E-state index in [1.54, 1.807) is 7.11 Å². The number of ether oxygens (including phenoxy) is 1. The number of nitrogens with zero attached hydrogens (tertiary/aromatic N) is 3. The number of hydrogen-bond donors (Lipinski definition) is 1. The van der Waals surface area contributed by atoms with Crippen LogP contribution in [0.5, 0.6) is 0 Å². The predicted molar refractivity (Wildman–Crippen MR) is 85.1 cm³/mol. The molecule has 0 saturated heterocycles. The third-order valence-electron chi connectivity index (χ3n) is 4.66. The summed E-state index contributed by atoms with van der Waals surface area (Å²) in [6.07, 6.45) is -1.86. The van der Waals surface area contributed by atoms with Gasteiger partial charge < -0.3 is 10.5 Å². The van der Waals surface area contributed by atoms with E-state index < -0.39 is 11.7 Å². The zero-order chi connectivity index (χ0) is 18.4. The van der Waals surface area contributed by atoms with E-state index in [-0.39, 0.29) is 40.5 Å². The van der Waals surface area contributed by atoms with Gasteiger partial charge in [0.25, 0.3) is 5.91 Å². The smallest absolute Gasteiger partial charge is 0.382 e. The van der Waals surface area contributed by atoms with Crippen LogP contribution < -0.4 is 5.73 Å². The maximum atomic E-state index is 13.3. The van der Waals surface area contributed by atoms with Crippen LogP contribution in [0.1, 0.15) is 41.7 Å². The van der Waals surface area contributed by atoms with Gasteiger partial charge >= 0.3 is 6.18 Å². The average molecular weight is 356 g/mol. The first-order chi connectivity index (χ1) is 11.7. The normalized spacial score (nSPS) is 21.6. The Balaban J connectivity index is 2.03. The molecule has 1 saturated carbocycles. The van der Waals surface area contributed by atoms with E-state index in [2.05, 4.69) is 10.1 Å². The van der Waals surface area contributed by atoms with Crippen molar-refractivity contribution in [1.82, 2.24) is 14.8 Å². The van der Waals surface area contributed by atoms with Gasteiger partial charge in [0.05, 0.1) is 17.1 Å². The summed E-state index contributed by atoms with van der Waals surface area (Å²) in [5.41, 5.74) is 4.78. The van der Waals surface area contributed by atoms with Gasteiger partial charge in [-0.15, -0.1) is 5.10 Å². The number of rotatable bonds is 2. The largest absolute Gasteiger partial charge is 0.417 e. The lowest BCUT2D eigenvalue weighted by molar-refractivity contribution is -0.136. The van der Waals surface area contributed by atoms with Crippen LogP contribution in [0.4, 0.5) is 19.0 Å². The number of nitrogen functional groups attached to an aromatic ring is 1. The van der Waals surface area contributed by atoms with Gasteiger partial charge in [0.2, 0.25) is 0 Å². The lowest BCUT2D eigenvalue weighted by Gasteiger charge is -2.26. The molecule has 1 fully saturated rings. The summed E-state index contributed by atoms with van der Waals surface area (Å²) in [5.74, 6) is -1.04. The molecule has 9 heteroatoms. The zero-order valence-corrected chi connectivity index (χ0v) is 13.9. The van der Waals surface area contributed by atoms with Crippen LogP contribution in [0.15, 0.2) is 6.07 Å². The van der Waals surface area contributed by atoms with E-state index in [0.29, 0.717) is 12.8 Å². The Labute approximate surface area is 142 Å². The van der Waals surface area contributed by atoms with E-state index in [0.717, 1.165) is 23.6 Å². The number of carbonyl (C=O) groups is 1. The number of nitrogens with two attached hydrogens (primary N) is 1. The summed E-state index contributed by atoms with van der Waals surface area (Å²) in [7, 11) is 1.62. The van der Waals surface area contributed by atoms with Crippen molar-refractivity contribution < 1.29 is 22.7 Å². The molecule has 2 heterocycles. The van der Waals surface area contributed by atoms with Crippen molar-refractivity contribution in [3.05, 3.63) is 17.3 Å². The highest BCUT2D eigenvalue weighted by atomic mass is 19.4. The minimum atomic E-state index is -4.60. The summed E-state index contributed by atoms with van der Waals surface area (Å²) in [6.45, 7) is 1.44. The first-order valence-electron chi connectivity index (χ1n) is 8.02. The molecule has 6 nitrogen and oxygen atoms in total. The molecule has 2 N–H and O–H groups in total. The standard InChI is InChI=1S/C16H19F3N4O2/c1-8-7-11(16(17,18)19)12-13(20)22-23(14(12)21-8)15(24)9-3-5-10(25-2)6-4-9/h7,9-10H,3-6H2,1-2H3,(H2,20,22). The van der Waals surface area contributed by atoms with Crippen molar-refractivity contribution in [2.45, 2.75) is 44.9 Å². The van der Waals surface area contributed by atoms with Crippen molar-refractivity contribution >= 4 is 22.8 Å². The molecule has 0 aromatic carbocycles.